The van der Waals surface area contributed by atoms with E-state index in [0.717, 1.165) is 11.3 Å². The number of rotatable bonds is 4. The van der Waals surface area contributed by atoms with Gasteiger partial charge in [-0.3, -0.25) is 0 Å². The lowest BCUT2D eigenvalue weighted by molar-refractivity contribution is 0.0849. The number of benzene rings is 1. The Bertz CT molecular complexity index is 449. The van der Waals surface area contributed by atoms with E-state index in [0.29, 0.717) is 0 Å². The molecule has 0 unspecified atom stereocenters. The SMILES string of the molecule is CC(C)(C)[Si](C)(C)Oc1ccccc1COC(=O)O. The minimum absolute atomic E-state index is 0.0140. The number of ether oxygens (including phenoxy) is 1. The Morgan fingerprint density at radius 2 is 1.84 bits per heavy atom. The molecule has 0 aliphatic rings. The van der Waals surface area contributed by atoms with Gasteiger partial charge in [-0.05, 0) is 24.2 Å². The fraction of sp³-hybridized carbons (Fsp3) is 0.500. The van der Waals surface area contributed by atoms with E-state index in [9.17, 15) is 4.79 Å². The number of hydrogen-bond acceptors (Lipinski definition) is 3. The van der Waals surface area contributed by atoms with Gasteiger partial charge in [-0.15, -0.1) is 0 Å². The molecule has 0 fully saturated rings. The summed E-state index contributed by atoms with van der Waals surface area (Å²) in [5.74, 6) is 0.718. The quantitative estimate of drug-likeness (QED) is 0.662. The molecule has 4 nitrogen and oxygen atoms in total. The third-order valence-corrected chi connectivity index (χ3v) is 7.84. The van der Waals surface area contributed by atoms with Crippen LogP contribution >= 0.6 is 0 Å². The summed E-state index contributed by atoms with van der Waals surface area (Å²) in [4.78, 5) is 10.5. The maximum atomic E-state index is 10.5. The highest BCUT2D eigenvalue weighted by molar-refractivity contribution is 6.74. The van der Waals surface area contributed by atoms with Gasteiger partial charge in [-0.1, -0.05) is 39.0 Å². The van der Waals surface area contributed by atoms with Crippen LogP contribution in [0, 0.1) is 0 Å². The molecule has 0 aliphatic carbocycles. The van der Waals surface area contributed by atoms with Gasteiger partial charge in [0.25, 0.3) is 0 Å². The number of hydrogen-bond donors (Lipinski definition) is 1. The van der Waals surface area contributed by atoms with Gasteiger partial charge in [-0.25, -0.2) is 4.79 Å². The van der Waals surface area contributed by atoms with E-state index in [4.69, 9.17) is 9.53 Å². The largest absolute Gasteiger partial charge is 0.543 e. The van der Waals surface area contributed by atoms with Crippen molar-refractivity contribution in [1.29, 1.82) is 0 Å². The number of carbonyl (C=O) groups is 1. The fourth-order valence-electron chi connectivity index (χ4n) is 1.29. The summed E-state index contributed by atoms with van der Waals surface area (Å²) in [5.41, 5.74) is 0.759. The van der Waals surface area contributed by atoms with Crippen LogP contribution in [0.4, 0.5) is 4.79 Å². The maximum Gasteiger partial charge on any atom is 0.506 e. The lowest BCUT2D eigenvalue weighted by Crippen LogP contribution is -2.44. The molecule has 1 aromatic carbocycles. The lowest BCUT2D eigenvalue weighted by atomic mass is 10.2. The van der Waals surface area contributed by atoms with Crippen molar-refractivity contribution in [2.24, 2.45) is 0 Å². The zero-order valence-electron chi connectivity index (χ0n) is 12.2. The molecule has 1 N–H and O–H groups in total. The second-order valence-corrected chi connectivity index (χ2v) is 10.7. The average molecular weight is 282 g/mol. The normalized spacial score (nSPS) is 12.1. The first-order chi connectivity index (χ1) is 8.63. The highest BCUT2D eigenvalue weighted by atomic mass is 28.4. The van der Waals surface area contributed by atoms with Crippen molar-refractivity contribution >= 4 is 14.5 Å². The molecule has 0 atom stereocenters. The van der Waals surface area contributed by atoms with Crippen LogP contribution in [0.2, 0.25) is 18.1 Å². The molecular formula is C14H22O4Si. The van der Waals surface area contributed by atoms with Crippen LogP contribution in [0.5, 0.6) is 5.75 Å². The Morgan fingerprint density at radius 3 is 2.37 bits per heavy atom. The summed E-state index contributed by atoms with van der Waals surface area (Å²) in [6, 6.07) is 7.41. The summed E-state index contributed by atoms with van der Waals surface area (Å²) in [6.07, 6.45) is -1.28. The van der Waals surface area contributed by atoms with Crippen LogP contribution in [0.1, 0.15) is 26.3 Å². The smallest absolute Gasteiger partial charge is 0.506 e. The van der Waals surface area contributed by atoms with Crippen molar-refractivity contribution in [3.8, 4) is 5.75 Å². The van der Waals surface area contributed by atoms with Gasteiger partial charge in [0.2, 0.25) is 8.32 Å². The minimum Gasteiger partial charge on any atom is -0.543 e. The lowest BCUT2D eigenvalue weighted by Gasteiger charge is -2.37. The fourth-order valence-corrected chi connectivity index (χ4v) is 2.35. The van der Waals surface area contributed by atoms with E-state index in [-0.39, 0.29) is 11.6 Å². The summed E-state index contributed by atoms with van der Waals surface area (Å²) < 4.78 is 10.8. The summed E-state index contributed by atoms with van der Waals surface area (Å²) >= 11 is 0. The molecule has 0 bridgehead atoms. The molecule has 0 aromatic heterocycles. The maximum absolute atomic E-state index is 10.5. The molecule has 0 aliphatic heterocycles. The van der Waals surface area contributed by atoms with Crippen LogP contribution < -0.4 is 4.43 Å². The second-order valence-electron chi connectivity index (χ2n) is 6.02. The molecule has 0 amide bonds. The standard InChI is InChI=1S/C14H22O4Si/c1-14(2,3)19(4,5)18-12-9-7-6-8-11(12)10-17-13(15)16/h6-9H,10H2,1-5H3,(H,15,16). The van der Waals surface area contributed by atoms with Gasteiger partial charge >= 0.3 is 6.16 Å². The molecule has 0 saturated heterocycles. The zero-order valence-corrected chi connectivity index (χ0v) is 13.2. The van der Waals surface area contributed by atoms with Gasteiger partial charge in [0.05, 0.1) is 0 Å². The van der Waals surface area contributed by atoms with Crippen LogP contribution in [0.15, 0.2) is 24.3 Å². The number of carboxylic acid groups (broad SMARTS) is 1. The number of para-hydroxylation sites is 1. The minimum atomic E-state index is -1.94. The highest BCUT2D eigenvalue weighted by Gasteiger charge is 2.39. The monoisotopic (exact) mass is 282 g/mol. The molecule has 106 valence electrons. The van der Waals surface area contributed by atoms with Crippen LogP contribution in [-0.2, 0) is 11.3 Å². The Morgan fingerprint density at radius 1 is 1.26 bits per heavy atom. The molecule has 1 aromatic rings. The average Bonchev–Trinajstić information content (AvgIpc) is 2.25. The Hall–Kier alpha value is -1.49. The molecular weight excluding hydrogens is 260 g/mol. The van der Waals surface area contributed by atoms with Crippen LogP contribution in [0.3, 0.4) is 0 Å². The van der Waals surface area contributed by atoms with E-state index in [1.165, 1.54) is 0 Å². The summed E-state index contributed by atoms with van der Waals surface area (Å²) in [6.45, 7) is 10.8. The van der Waals surface area contributed by atoms with Gasteiger partial charge in [0, 0.05) is 5.56 Å². The summed E-state index contributed by atoms with van der Waals surface area (Å²) in [7, 11) is -1.94. The van der Waals surface area contributed by atoms with Crippen molar-refractivity contribution in [2.75, 3.05) is 0 Å². The first-order valence-electron chi connectivity index (χ1n) is 6.26. The Labute approximate surface area is 115 Å². The topological polar surface area (TPSA) is 55.8 Å². The van der Waals surface area contributed by atoms with E-state index < -0.39 is 14.5 Å². The molecule has 5 heteroatoms. The van der Waals surface area contributed by atoms with E-state index >= 15 is 0 Å². The van der Waals surface area contributed by atoms with E-state index in [2.05, 4.69) is 38.6 Å². The highest BCUT2D eigenvalue weighted by Crippen LogP contribution is 2.38. The van der Waals surface area contributed by atoms with E-state index in [1.807, 2.05) is 24.3 Å². The van der Waals surface area contributed by atoms with Gasteiger partial charge < -0.3 is 14.3 Å². The molecule has 0 heterocycles. The predicted molar refractivity (Wildman–Crippen MR) is 77.1 cm³/mol. The molecule has 0 saturated carbocycles. The first kappa shape index (κ1) is 15.6. The first-order valence-corrected chi connectivity index (χ1v) is 9.17. The Balaban J connectivity index is 2.92. The summed E-state index contributed by atoms with van der Waals surface area (Å²) in [5, 5.41) is 8.66. The predicted octanol–water partition coefficient (Wildman–Crippen LogP) is 4.27. The van der Waals surface area contributed by atoms with Gasteiger partial charge in [0.15, 0.2) is 0 Å². The van der Waals surface area contributed by atoms with Crippen molar-refractivity contribution in [3.05, 3.63) is 29.8 Å². The third-order valence-electron chi connectivity index (χ3n) is 3.50. The van der Waals surface area contributed by atoms with Gasteiger partial charge in [-0.2, -0.15) is 0 Å². The van der Waals surface area contributed by atoms with Crippen LogP contribution in [0.25, 0.3) is 0 Å². The molecule has 1 rings (SSSR count). The molecule has 19 heavy (non-hydrogen) atoms. The van der Waals surface area contributed by atoms with Gasteiger partial charge in [0.1, 0.15) is 12.4 Å². The van der Waals surface area contributed by atoms with E-state index in [1.54, 1.807) is 0 Å². The third kappa shape index (κ3) is 4.27. The zero-order chi connectivity index (χ0) is 14.7. The van der Waals surface area contributed by atoms with Crippen molar-refractivity contribution < 1.29 is 19.1 Å². The second kappa shape index (κ2) is 5.65. The van der Waals surface area contributed by atoms with Crippen molar-refractivity contribution in [2.45, 2.75) is 45.5 Å². The molecule has 0 spiro atoms. The Kier molecular flexibility index (Phi) is 4.63. The van der Waals surface area contributed by atoms with Crippen LogP contribution in [-0.4, -0.2) is 19.6 Å². The van der Waals surface area contributed by atoms with Crippen molar-refractivity contribution in [3.63, 3.8) is 0 Å². The molecule has 0 radical (unpaired) electrons. The van der Waals surface area contributed by atoms with Crippen molar-refractivity contribution in [1.82, 2.24) is 0 Å².